The molecule has 1 N–H and O–H groups in total. The van der Waals surface area contributed by atoms with E-state index in [2.05, 4.69) is 15.9 Å². The first-order valence-electron chi connectivity index (χ1n) is 5.88. The number of aromatic carboxylic acids is 1. The number of carboxylic acids is 1. The summed E-state index contributed by atoms with van der Waals surface area (Å²) in [4.78, 5) is 11.1. The number of hydrogen-bond donors (Lipinski definition) is 1. The number of hydrogen-bond acceptors (Lipinski definition) is 2. The lowest BCUT2D eigenvalue weighted by Gasteiger charge is -2.11. The van der Waals surface area contributed by atoms with Crippen molar-refractivity contribution in [1.29, 1.82) is 0 Å². The summed E-state index contributed by atoms with van der Waals surface area (Å²) in [5.41, 5.74) is 2.00. The van der Waals surface area contributed by atoms with Crippen LogP contribution in [0.15, 0.2) is 40.9 Å². The van der Waals surface area contributed by atoms with Crippen molar-refractivity contribution in [3.63, 3.8) is 0 Å². The molecule has 20 heavy (non-hydrogen) atoms. The summed E-state index contributed by atoms with van der Waals surface area (Å²) in [5.74, 6) is -0.717. The molecule has 0 aliphatic rings. The molecular weight excluding hydrogens is 344 g/mol. The van der Waals surface area contributed by atoms with E-state index in [0.717, 1.165) is 15.6 Å². The van der Waals surface area contributed by atoms with Crippen molar-refractivity contribution in [2.24, 2.45) is 0 Å². The molecule has 2 aromatic rings. The second-order valence-electron chi connectivity index (χ2n) is 4.33. The molecule has 0 saturated carbocycles. The number of benzene rings is 2. The van der Waals surface area contributed by atoms with Gasteiger partial charge in [-0.2, -0.15) is 0 Å². The fourth-order valence-electron chi connectivity index (χ4n) is 1.72. The highest BCUT2D eigenvalue weighted by Crippen LogP contribution is 2.26. The van der Waals surface area contributed by atoms with Gasteiger partial charge in [0.05, 0.1) is 0 Å². The molecule has 3 nitrogen and oxygen atoms in total. The first-order chi connectivity index (χ1) is 9.47. The van der Waals surface area contributed by atoms with Crippen LogP contribution in [-0.2, 0) is 6.61 Å². The van der Waals surface area contributed by atoms with Gasteiger partial charge in [-0.05, 0) is 36.8 Å². The Bertz CT molecular complexity index is 656. The number of aryl methyl sites for hydroxylation is 1. The van der Waals surface area contributed by atoms with Crippen molar-refractivity contribution in [1.82, 2.24) is 0 Å². The van der Waals surface area contributed by atoms with Gasteiger partial charge >= 0.3 is 5.97 Å². The first kappa shape index (κ1) is 14.9. The van der Waals surface area contributed by atoms with E-state index in [9.17, 15) is 4.79 Å². The Kier molecular flexibility index (Phi) is 4.68. The normalized spacial score (nSPS) is 10.3. The average Bonchev–Trinajstić information content (AvgIpc) is 2.37. The molecule has 2 aromatic carbocycles. The second kappa shape index (κ2) is 6.29. The lowest BCUT2D eigenvalue weighted by molar-refractivity contribution is 0.0691. The van der Waals surface area contributed by atoms with Gasteiger partial charge in [0.15, 0.2) is 0 Å². The minimum Gasteiger partial charge on any atom is -0.488 e. The zero-order valence-electron chi connectivity index (χ0n) is 10.7. The second-order valence-corrected chi connectivity index (χ2v) is 5.65. The SMILES string of the molecule is Cc1ccc(COc2cc(Br)ccc2C(=O)O)c(Cl)c1. The fraction of sp³-hybridized carbons (Fsp3) is 0.133. The van der Waals surface area contributed by atoms with E-state index in [1.807, 2.05) is 25.1 Å². The van der Waals surface area contributed by atoms with Crippen molar-refractivity contribution in [3.05, 3.63) is 62.6 Å². The standard InChI is InChI=1S/C15H12BrClO3/c1-9-2-3-10(13(17)6-9)8-20-14-7-11(16)4-5-12(14)15(18)19/h2-7H,8H2,1H3,(H,18,19). The molecule has 0 aliphatic heterocycles. The van der Waals surface area contributed by atoms with Crippen LogP contribution in [-0.4, -0.2) is 11.1 Å². The van der Waals surface area contributed by atoms with Crippen LogP contribution in [0, 0.1) is 6.92 Å². The van der Waals surface area contributed by atoms with Crippen molar-refractivity contribution in [2.75, 3.05) is 0 Å². The van der Waals surface area contributed by atoms with Crippen molar-refractivity contribution >= 4 is 33.5 Å². The molecule has 0 aromatic heterocycles. The third-order valence-electron chi connectivity index (χ3n) is 2.77. The molecule has 0 unspecified atom stereocenters. The third kappa shape index (κ3) is 3.52. The van der Waals surface area contributed by atoms with Gasteiger partial charge in [-0.15, -0.1) is 0 Å². The first-order valence-corrected chi connectivity index (χ1v) is 7.05. The van der Waals surface area contributed by atoms with E-state index in [1.54, 1.807) is 12.1 Å². The number of carboxylic acid groups (broad SMARTS) is 1. The molecule has 0 bridgehead atoms. The van der Waals surface area contributed by atoms with Gasteiger partial charge < -0.3 is 9.84 Å². The molecule has 0 fully saturated rings. The van der Waals surface area contributed by atoms with Crippen molar-refractivity contribution in [2.45, 2.75) is 13.5 Å². The summed E-state index contributed by atoms with van der Waals surface area (Å²) in [6.07, 6.45) is 0. The van der Waals surface area contributed by atoms with Crippen LogP contribution in [0.2, 0.25) is 5.02 Å². The average molecular weight is 356 g/mol. The monoisotopic (exact) mass is 354 g/mol. The number of carbonyl (C=O) groups is 1. The van der Waals surface area contributed by atoms with Gasteiger partial charge in [0.2, 0.25) is 0 Å². The van der Waals surface area contributed by atoms with Gasteiger partial charge in [0.1, 0.15) is 17.9 Å². The minimum absolute atomic E-state index is 0.122. The van der Waals surface area contributed by atoms with Crippen LogP contribution in [0.25, 0.3) is 0 Å². The summed E-state index contributed by atoms with van der Waals surface area (Å²) in [7, 11) is 0. The molecule has 0 saturated heterocycles. The van der Waals surface area contributed by atoms with Gasteiger partial charge in [0.25, 0.3) is 0 Å². The lowest BCUT2D eigenvalue weighted by atomic mass is 10.1. The highest BCUT2D eigenvalue weighted by atomic mass is 79.9. The van der Waals surface area contributed by atoms with Gasteiger partial charge in [0, 0.05) is 15.1 Å². The lowest BCUT2D eigenvalue weighted by Crippen LogP contribution is -2.03. The maximum Gasteiger partial charge on any atom is 0.339 e. The topological polar surface area (TPSA) is 46.5 Å². The zero-order valence-corrected chi connectivity index (χ0v) is 13.0. The molecule has 104 valence electrons. The molecule has 2 rings (SSSR count). The summed E-state index contributed by atoms with van der Waals surface area (Å²) in [6.45, 7) is 2.17. The Hall–Kier alpha value is -1.52. The Morgan fingerprint density at radius 2 is 2.05 bits per heavy atom. The van der Waals surface area contributed by atoms with Crippen LogP contribution >= 0.6 is 27.5 Å². The van der Waals surface area contributed by atoms with Crippen molar-refractivity contribution < 1.29 is 14.6 Å². The molecule has 0 spiro atoms. The molecule has 0 radical (unpaired) electrons. The maximum atomic E-state index is 11.1. The molecule has 0 aliphatic carbocycles. The van der Waals surface area contributed by atoms with E-state index < -0.39 is 5.97 Å². The minimum atomic E-state index is -1.03. The van der Waals surface area contributed by atoms with Gasteiger partial charge in [-0.3, -0.25) is 0 Å². The van der Waals surface area contributed by atoms with Crippen LogP contribution in [0.5, 0.6) is 5.75 Å². The Balaban J connectivity index is 2.22. The highest BCUT2D eigenvalue weighted by Gasteiger charge is 2.12. The van der Waals surface area contributed by atoms with Crippen LogP contribution in [0.3, 0.4) is 0 Å². The zero-order chi connectivity index (χ0) is 14.7. The van der Waals surface area contributed by atoms with Crippen LogP contribution in [0.1, 0.15) is 21.5 Å². The number of rotatable bonds is 4. The van der Waals surface area contributed by atoms with Gasteiger partial charge in [-0.25, -0.2) is 4.79 Å². The Morgan fingerprint density at radius 3 is 2.70 bits per heavy atom. The highest BCUT2D eigenvalue weighted by molar-refractivity contribution is 9.10. The number of ether oxygens (including phenoxy) is 1. The van der Waals surface area contributed by atoms with E-state index in [4.69, 9.17) is 21.4 Å². The fourth-order valence-corrected chi connectivity index (χ4v) is 2.35. The van der Waals surface area contributed by atoms with Crippen LogP contribution in [0.4, 0.5) is 0 Å². The Labute approximate surface area is 130 Å². The van der Waals surface area contributed by atoms with Crippen LogP contribution < -0.4 is 4.74 Å². The van der Waals surface area contributed by atoms with Gasteiger partial charge in [-0.1, -0.05) is 39.7 Å². The number of halogens is 2. The van der Waals surface area contributed by atoms with Crippen molar-refractivity contribution in [3.8, 4) is 5.75 Å². The third-order valence-corrected chi connectivity index (χ3v) is 3.61. The summed E-state index contributed by atoms with van der Waals surface area (Å²) < 4.78 is 6.35. The summed E-state index contributed by atoms with van der Waals surface area (Å²) in [5, 5.41) is 9.73. The Morgan fingerprint density at radius 1 is 1.30 bits per heavy atom. The maximum absolute atomic E-state index is 11.1. The summed E-state index contributed by atoms with van der Waals surface area (Å²) >= 11 is 9.42. The smallest absolute Gasteiger partial charge is 0.339 e. The summed E-state index contributed by atoms with van der Waals surface area (Å²) in [6, 6.07) is 10.4. The molecule has 0 heterocycles. The molecule has 0 amide bonds. The predicted molar refractivity (Wildman–Crippen MR) is 81.6 cm³/mol. The van der Waals surface area contributed by atoms with E-state index in [1.165, 1.54) is 6.07 Å². The van der Waals surface area contributed by atoms with E-state index >= 15 is 0 Å². The quantitative estimate of drug-likeness (QED) is 0.865. The molecule has 0 atom stereocenters. The van der Waals surface area contributed by atoms with E-state index in [-0.39, 0.29) is 12.2 Å². The largest absolute Gasteiger partial charge is 0.488 e. The molecule has 5 heteroatoms. The van der Waals surface area contributed by atoms with E-state index in [0.29, 0.717) is 10.8 Å². The predicted octanol–water partition coefficient (Wildman–Crippen LogP) is 4.69. The molecular formula is C15H12BrClO3.